The average Bonchev–Trinajstić information content (AvgIpc) is 2.38. The van der Waals surface area contributed by atoms with Crippen molar-refractivity contribution in [3.63, 3.8) is 0 Å². The molecule has 18 heavy (non-hydrogen) atoms. The zero-order valence-corrected chi connectivity index (χ0v) is 11.4. The molecule has 4 nitrogen and oxygen atoms in total. The van der Waals surface area contributed by atoms with Gasteiger partial charge in [-0.3, -0.25) is 4.98 Å². The van der Waals surface area contributed by atoms with Gasteiger partial charge in [-0.05, 0) is 32.4 Å². The molecule has 0 radical (unpaired) electrons. The molecule has 1 rings (SSSR count). The number of anilines is 1. The molecule has 0 aliphatic carbocycles. The number of nitriles is 1. The van der Waals surface area contributed by atoms with Crippen LogP contribution in [0.5, 0.6) is 0 Å². The van der Waals surface area contributed by atoms with E-state index in [-0.39, 0.29) is 6.04 Å². The second kappa shape index (κ2) is 6.97. The molecule has 0 aromatic carbocycles. The van der Waals surface area contributed by atoms with Crippen molar-refractivity contribution in [3.8, 4) is 6.07 Å². The second-order valence-corrected chi connectivity index (χ2v) is 4.65. The molecule has 4 heteroatoms. The Bertz CT molecular complexity index is 391. The summed E-state index contributed by atoms with van der Waals surface area (Å²) in [6.45, 7) is 7.01. The molecule has 98 valence electrons. The van der Waals surface area contributed by atoms with E-state index in [0.29, 0.717) is 12.5 Å². The molecule has 1 aromatic rings. The summed E-state index contributed by atoms with van der Waals surface area (Å²) in [5.41, 5.74) is 7.91. The quantitative estimate of drug-likeness (QED) is 0.838. The van der Waals surface area contributed by atoms with Gasteiger partial charge in [0.15, 0.2) is 0 Å². The lowest BCUT2D eigenvalue weighted by molar-refractivity contribution is 0.666. The number of aromatic nitrogens is 1. The van der Waals surface area contributed by atoms with Crippen LogP contribution in [0.2, 0.25) is 0 Å². The van der Waals surface area contributed by atoms with E-state index < -0.39 is 0 Å². The van der Waals surface area contributed by atoms with Crippen molar-refractivity contribution in [2.75, 3.05) is 11.4 Å². The molecule has 0 aliphatic heterocycles. The van der Waals surface area contributed by atoms with Gasteiger partial charge in [0, 0.05) is 18.6 Å². The summed E-state index contributed by atoms with van der Waals surface area (Å²) in [5, 5.41) is 8.68. The minimum Gasteiger partial charge on any atom is -0.367 e. The van der Waals surface area contributed by atoms with Gasteiger partial charge in [0.05, 0.1) is 30.1 Å². The molecule has 1 aromatic heterocycles. The van der Waals surface area contributed by atoms with Gasteiger partial charge in [-0.2, -0.15) is 5.26 Å². The van der Waals surface area contributed by atoms with Crippen molar-refractivity contribution in [1.82, 2.24) is 4.98 Å². The van der Waals surface area contributed by atoms with Gasteiger partial charge in [-0.15, -0.1) is 0 Å². The van der Waals surface area contributed by atoms with Crippen LogP contribution in [-0.4, -0.2) is 17.6 Å². The first-order valence-corrected chi connectivity index (χ1v) is 6.45. The predicted molar refractivity (Wildman–Crippen MR) is 74.2 cm³/mol. The summed E-state index contributed by atoms with van der Waals surface area (Å²) in [4.78, 5) is 6.59. The lowest BCUT2D eigenvalue weighted by atomic mass is 10.1. The first kappa shape index (κ1) is 14.5. The molecule has 1 atom stereocenters. The topological polar surface area (TPSA) is 65.9 Å². The Labute approximate surface area is 109 Å². The molecule has 0 spiro atoms. The highest BCUT2D eigenvalue weighted by Crippen LogP contribution is 2.19. The summed E-state index contributed by atoms with van der Waals surface area (Å²) in [7, 11) is 0. The number of hydrogen-bond acceptors (Lipinski definition) is 4. The SMILES string of the molecule is CC[C@H](N)c1ccc(N(CCC#N)C(C)C)cn1. The molecular formula is C14H22N4. The summed E-state index contributed by atoms with van der Waals surface area (Å²) < 4.78 is 0. The highest BCUT2D eigenvalue weighted by Gasteiger charge is 2.11. The van der Waals surface area contributed by atoms with Crippen LogP contribution in [-0.2, 0) is 0 Å². The molecule has 2 N–H and O–H groups in total. The molecule has 0 bridgehead atoms. The van der Waals surface area contributed by atoms with E-state index in [1.165, 1.54) is 0 Å². The Hall–Kier alpha value is -1.60. The normalized spacial score (nSPS) is 12.2. The highest BCUT2D eigenvalue weighted by molar-refractivity contribution is 5.45. The fraction of sp³-hybridized carbons (Fsp3) is 0.571. The first-order chi connectivity index (χ1) is 8.60. The first-order valence-electron chi connectivity index (χ1n) is 6.45. The van der Waals surface area contributed by atoms with E-state index in [1.807, 2.05) is 25.3 Å². The Kier molecular flexibility index (Phi) is 5.60. The number of nitrogens with two attached hydrogens (primary N) is 1. The van der Waals surface area contributed by atoms with Crippen LogP contribution in [0.15, 0.2) is 18.3 Å². The molecular weight excluding hydrogens is 224 g/mol. The molecule has 0 unspecified atom stereocenters. The molecule has 1 heterocycles. The van der Waals surface area contributed by atoms with Gasteiger partial charge in [-0.1, -0.05) is 6.92 Å². The van der Waals surface area contributed by atoms with E-state index in [1.54, 1.807) is 0 Å². The van der Waals surface area contributed by atoms with E-state index in [4.69, 9.17) is 11.0 Å². The van der Waals surface area contributed by atoms with Crippen LogP contribution >= 0.6 is 0 Å². The van der Waals surface area contributed by atoms with E-state index in [9.17, 15) is 0 Å². The monoisotopic (exact) mass is 246 g/mol. The van der Waals surface area contributed by atoms with Gasteiger partial charge < -0.3 is 10.6 Å². The van der Waals surface area contributed by atoms with Crippen LogP contribution < -0.4 is 10.6 Å². The molecule has 0 saturated heterocycles. The molecule has 0 fully saturated rings. The van der Waals surface area contributed by atoms with Gasteiger partial charge in [-0.25, -0.2) is 0 Å². The van der Waals surface area contributed by atoms with Gasteiger partial charge in [0.2, 0.25) is 0 Å². The summed E-state index contributed by atoms with van der Waals surface area (Å²) >= 11 is 0. The van der Waals surface area contributed by atoms with E-state index in [2.05, 4.69) is 29.8 Å². The summed E-state index contributed by atoms with van der Waals surface area (Å²) in [6.07, 6.45) is 3.26. The third-order valence-corrected chi connectivity index (χ3v) is 3.01. The maximum atomic E-state index is 8.68. The fourth-order valence-electron chi connectivity index (χ4n) is 1.85. The van der Waals surface area contributed by atoms with Gasteiger partial charge in [0.25, 0.3) is 0 Å². The minimum atomic E-state index is 0.00524. The van der Waals surface area contributed by atoms with Crippen molar-refractivity contribution in [2.45, 2.75) is 45.7 Å². The number of rotatable bonds is 6. The van der Waals surface area contributed by atoms with Crippen LogP contribution in [0.4, 0.5) is 5.69 Å². The zero-order chi connectivity index (χ0) is 13.5. The van der Waals surface area contributed by atoms with E-state index >= 15 is 0 Å². The highest BCUT2D eigenvalue weighted by atomic mass is 15.2. The third-order valence-electron chi connectivity index (χ3n) is 3.01. The Morgan fingerprint density at radius 2 is 2.17 bits per heavy atom. The van der Waals surface area contributed by atoms with Crippen molar-refractivity contribution in [3.05, 3.63) is 24.0 Å². The lowest BCUT2D eigenvalue weighted by Crippen LogP contribution is -2.31. The Morgan fingerprint density at radius 1 is 1.44 bits per heavy atom. The minimum absolute atomic E-state index is 0.00524. The largest absolute Gasteiger partial charge is 0.367 e. The van der Waals surface area contributed by atoms with Crippen LogP contribution in [0.1, 0.15) is 45.3 Å². The van der Waals surface area contributed by atoms with Crippen LogP contribution in [0, 0.1) is 11.3 Å². The van der Waals surface area contributed by atoms with Crippen molar-refractivity contribution < 1.29 is 0 Å². The predicted octanol–water partition coefficient (Wildman–Crippen LogP) is 2.62. The number of nitrogens with zero attached hydrogens (tertiary/aromatic N) is 3. The zero-order valence-electron chi connectivity index (χ0n) is 11.4. The molecule has 0 aliphatic rings. The fourth-order valence-corrected chi connectivity index (χ4v) is 1.85. The summed E-state index contributed by atoms with van der Waals surface area (Å²) in [5.74, 6) is 0. The van der Waals surface area contributed by atoms with Gasteiger partial charge in [0.1, 0.15) is 0 Å². The van der Waals surface area contributed by atoms with Crippen molar-refractivity contribution >= 4 is 5.69 Å². The second-order valence-electron chi connectivity index (χ2n) is 4.65. The third kappa shape index (κ3) is 3.71. The van der Waals surface area contributed by atoms with Crippen molar-refractivity contribution in [1.29, 1.82) is 5.26 Å². The van der Waals surface area contributed by atoms with Crippen LogP contribution in [0.25, 0.3) is 0 Å². The Balaban J connectivity index is 2.84. The smallest absolute Gasteiger partial charge is 0.0640 e. The number of pyridine rings is 1. The van der Waals surface area contributed by atoms with Crippen LogP contribution in [0.3, 0.4) is 0 Å². The standard InChI is InChI=1S/C14H22N4/c1-4-13(16)14-7-6-12(10-17-14)18(11(2)3)9-5-8-15/h6-7,10-11,13H,4-5,9,16H2,1-3H3/t13-/m0/s1. The maximum absolute atomic E-state index is 8.68. The lowest BCUT2D eigenvalue weighted by Gasteiger charge is -2.28. The average molecular weight is 246 g/mol. The van der Waals surface area contributed by atoms with Gasteiger partial charge >= 0.3 is 0 Å². The van der Waals surface area contributed by atoms with Crippen molar-refractivity contribution in [2.24, 2.45) is 5.73 Å². The molecule has 0 amide bonds. The number of hydrogen-bond donors (Lipinski definition) is 1. The van der Waals surface area contributed by atoms with E-state index in [0.717, 1.165) is 24.3 Å². The maximum Gasteiger partial charge on any atom is 0.0640 e. The Morgan fingerprint density at radius 3 is 2.61 bits per heavy atom. The molecule has 0 saturated carbocycles. The summed E-state index contributed by atoms with van der Waals surface area (Å²) in [6, 6.07) is 6.55.